The Balaban J connectivity index is 1.57. The average molecular weight is 381 g/mol. The number of benzene rings is 2. The molecule has 0 aliphatic carbocycles. The zero-order valence-electron chi connectivity index (χ0n) is 16.3. The summed E-state index contributed by atoms with van der Waals surface area (Å²) in [6, 6.07) is 13.5. The Morgan fingerprint density at radius 2 is 1.89 bits per heavy atom. The van der Waals surface area contributed by atoms with Gasteiger partial charge in [-0.05, 0) is 35.9 Å². The molecule has 0 unspecified atom stereocenters. The Morgan fingerprint density at radius 3 is 2.54 bits per heavy atom. The van der Waals surface area contributed by atoms with Gasteiger partial charge in [0.05, 0.1) is 0 Å². The van der Waals surface area contributed by atoms with Crippen molar-refractivity contribution in [1.29, 1.82) is 0 Å². The van der Waals surface area contributed by atoms with Crippen LogP contribution in [0.25, 0.3) is 0 Å². The maximum Gasteiger partial charge on any atom is 0.251 e. The third kappa shape index (κ3) is 4.57. The molecule has 1 amide bonds. The van der Waals surface area contributed by atoms with Crippen molar-refractivity contribution in [3.63, 3.8) is 0 Å². The second-order valence-electron chi connectivity index (χ2n) is 7.31. The van der Waals surface area contributed by atoms with Crippen LogP contribution in [0.1, 0.15) is 35.6 Å². The molecule has 3 rings (SSSR count). The number of rotatable bonds is 7. The van der Waals surface area contributed by atoms with Crippen molar-refractivity contribution >= 4 is 5.91 Å². The molecule has 1 heterocycles. The molecule has 6 heteroatoms. The zero-order valence-corrected chi connectivity index (χ0v) is 16.3. The van der Waals surface area contributed by atoms with Gasteiger partial charge in [0.1, 0.15) is 24.0 Å². The van der Waals surface area contributed by atoms with E-state index in [-0.39, 0.29) is 11.7 Å². The molecule has 5 nitrogen and oxygen atoms in total. The maximum atomic E-state index is 14.0. The van der Waals surface area contributed by atoms with Crippen molar-refractivity contribution < 1.29 is 13.9 Å². The molecule has 0 aliphatic rings. The van der Waals surface area contributed by atoms with Crippen LogP contribution in [0.4, 0.5) is 4.39 Å². The van der Waals surface area contributed by atoms with Crippen molar-refractivity contribution in [2.75, 3.05) is 6.54 Å². The van der Waals surface area contributed by atoms with Crippen molar-refractivity contribution in [1.82, 2.24) is 14.9 Å². The third-order valence-electron chi connectivity index (χ3n) is 4.70. The van der Waals surface area contributed by atoms with E-state index in [1.165, 1.54) is 6.07 Å². The van der Waals surface area contributed by atoms with Crippen LogP contribution in [0.15, 0.2) is 60.9 Å². The Kier molecular flexibility index (Phi) is 5.78. The molecule has 2 aromatic carbocycles. The predicted molar refractivity (Wildman–Crippen MR) is 106 cm³/mol. The summed E-state index contributed by atoms with van der Waals surface area (Å²) in [7, 11) is 1.90. The maximum absolute atomic E-state index is 14.0. The topological polar surface area (TPSA) is 56.2 Å². The minimum absolute atomic E-state index is 0.208. The highest BCUT2D eigenvalue weighted by molar-refractivity contribution is 5.94. The smallest absolute Gasteiger partial charge is 0.251 e. The largest absolute Gasteiger partial charge is 0.486 e. The van der Waals surface area contributed by atoms with E-state index in [0.29, 0.717) is 30.0 Å². The highest BCUT2D eigenvalue weighted by Gasteiger charge is 2.24. The summed E-state index contributed by atoms with van der Waals surface area (Å²) >= 11 is 0. The number of aryl methyl sites for hydroxylation is 1. The highest BCUT2D eigenvalue weighted by Crippen LogP contribution is 2.25. The SMILES string of the molecule is Cn1ccnc1COc1ccc(C(=O)NCC(C)(C)c2ccccc2F)cc1. The fraction of sp³-hybridized carbons (Fsp3) is 0.273. The van der Waals surface area contributed by atoms with Crippen molar-refractivity contribution in [3.8, 4) is 5.75 Å². The minimum Gasteiger partial charge on any atom is -0.486 e. The lowest BCUT2D eigenvalue weighted by Crippen LogP contribution is -2.37. The first kappa shape index (κ1) is 19.6. The monoisotopic (exact) mass is 381 g/mol. The minimum atomic E-state index is -0.522. The molecule has 0 bridgehead atoms. The van der Waals surface area contributed by atoms with Gasteiger partial charge in [0.15, 0.2) is 0 Å². The van der Waals surface area contributed by atoms with Crippen LogP contribution in [0.3, 0.4) is 0 Å². The number of nitrogens with one attached hydrogen (secondary N) is 1. The van der Waals surface area contributed by atoms with E-state index in [2.05, 4.69) is 10.3 Å². The predicted octanol–water partition coefficient (Wildman–Crippen LogP) is 3.85. The molecule has 0 spiro atoms. The Labute approximate surface area is 164 Å². The fourth-order valence-electron chi connectivity index (χ4n) is 2.89. The molecular weight excluding hydrogens is 357 g/mol. The van der Waals surface area contributed by atoms with E-state index in [4.69, 9.17) is 4.74 Å². The molecule has 0 saturated carbocycles. The summed E-state index contributed by atoms with van der Waals surface area (Å²) in [4.78, 5) is 16.7. The normalized spacial score (nSPS) is 11.3. The van der Waals surface area contributed by atoms with Gasteiger partial charge in [-0.25, -0.2) is 9.37 Å². The van der Waals surface area contributed by atoms with E-state index in [1.54, 1.807) is 48.7 Å². The molecule has 146 valence electrons. The number of carbonyl (C=O) groups is 1. The molecule has 0 radical (unpaired) electrons. The summed E-state index contributed by atoms with van der Waals surface area (Å²) in [5.41, 5.74) is 0.577. The Morgan fingerprint density at radius 1 is 1.18 bits per heavy atom. The van der Waals surface area contributed by atoms with Gasteiger partial charge >= 0.3 is 0 Å². The number of ether oxygens (including phenoxy) is 1. The van der Waals surface area contributed by atoms with Gasteiger partial charge in [0, 0.05) is 37.0 Å². The zero-order chi connectivity index (χ0) is 20.1. The lowest BCUT2D eigenvalue weighted by Gasteiger charge is -2.26. The number of aromatic nitrogens is 2. The first-order valence-corrected chi connectivity index (χ1v) is 9.09. The van der Waals surface area contributed by atoms with Crippen molar-refractivity contribution in [2.24, 2.45) is 7.05 Å². The summed E-state index contributed by atoms with van der Waals surface area (Å²) in [5.74, 6) is 0.999. The first-order valence-electron chi connectivity index (χ1n) is 9.09. The van der Waals surface area contributed by atoms with Crippen LogP contribution < -0.4 is 10.1 Å². The molecule has 0 saturated heterocycles. The summed E-state index contributed by atoms with van der Waals surface area (Å²) in [5, 5.41) is 2.89. The molecular formula is C22H24FN3O2. The number of hydrogen-bond donors (Lipinski definition) is 1. The second kappa shape index (κ2) is 8.25. The van der Waals surface area contributed by atoms with Crippen LogP contribution >= 0.6 is 0 Å². The van der Waals surface area contributed by atoms with Crippen LogP contribution in [-0.2, 0) is 19.1 Å². The van der Waals surface area contributed by atoms with Gasteiger partial charge in [0.25, 0.3) is 5.91 Å². The van der Waals surface area contributed by atoms with Crippen molar-refractivity contribution in [3.05, 3.63) is 83.7 Å². The van der Waals surface area contributed by atoms with Crippen LogP contribution in [0, 0.1) is 5.82 Å². The second-order valence-corrected chi connectivity index (χ2v) is 7.31. The Hall–Kier alpha value is -3.15. The molecule has 0 atom stereocenters. The summed E-state index contributed by atoms with van der Waals surface area (Å²) in [6.07, 6.45) is 3.57. The standard InChI is InChI=1S/C22H24FN3O2/c1-22(2,18-6-4-5-7-19(18)23)15-25-21(27)16-8-10-17(11-9-16)28-14-20-24-12-13-26(20)3/h4-13H,14-15H2,1-3H3,(H,25,27). The van der Waals surface area contributed by atoms with Gasteiger partial charge in [-0.1, -0.05) is 32.0 Å². The Bertz CT molecular complexity index is 948. The van der Waals surface area contributed by atoms with Crippen molar-refractivity contribution in [2.45, 2.75) is 25.9 Å². The van der Waals surface area contributed by atoms with Crippen LogP contribution in [0.5, 0.6) is 5.75 Å². The lowest BCUT2D eigenvalue weighted by molar-refractivity contribution is 0.0945. The van der Waals surface area contributed by atoms with Gasteiger partial charge in [-0.15, -0.1) is 0 Å². The number of hydrogen-bond acceptors (Lipinski definition) is 3. The van der Waals surface area contributed by atoms with E-state index in [1.807, 2.05) is 31.7 Å². The molecule has 0 aliphatic heterocycles. The lowest BCUT2D eigenvalue weighted by atomic mass is 9.84. The average Bonchev–Trinajstić information content (AvgIpc) is 3.10. The number of halogens is 1. The molecule has 3 aromatic rings. The van der Waals surface area contributed by atoms with Gasteiger partial charge in [0.2, 0.25) is 0 Å². The fourth-order valence-corrected chi connectivity index (χ4v) is 2.89. The summed E-state index contributed by atoms with van der Waals surface area (Å²) in [6.45, 7) is 4.48. The number of imidazole rings is 1. The third-order valence-corrected chi connectivity index (χ3v) is 4.70. The van der Waals surface area contributed by atoms with E-state index in [9.17, 15) is 9.18 Å². The molecule has 28 heavy (non-hydrogen) atoms. The van der Waals surface area contributed by atoms with Crippen LogP contribution in [0.2, 0.25) is 0 Å². The van der Waals surface area contributed by atoms with Gasteiger partial charge in [-0.3, -0.25) is 4.79 Å². The van der Waals surface area contributed by atoms with Gasteiger partial charge in [-0.2, -0.15) is 0 Å². The van der Waals surface area contributed by atoms with E-state index < -0.39 is 5.41 Å². The number of carbonyl (C=O) groups excluding carboxylic acids is 1. The van der Waals surface area contributed by atoms with E-state index >= 15 is 0 Å². The van der Waals surface area contributed by atoms with Crippen LogP contribution in [-0.4, -0.2) is 22.0 Å². The number of amides is 1. The summed E-state index contributed by atoms with van der Waals surface area (Å²) < 4.78 is 21.6. The quantitative estimate of drug-likeness (QED) is 0.676. The van der Waals surface area contributed by atoms with Gasteiger partial charge < -0.3 is 14.6 Å². The highest BCUT2D eigenvalue weighted by atomic mass is 19.1. The molecule has 0 fully saturated rings. The molecule has 1 N–H and O–H groups in total. The van der Waals surface area contributed by atoms with E-state index in [0.717, 1.165) is 5.82 Å². The number of nitrogens with zero attached hydrogens (tertiary/aromatic N) is 2. The molecule has 1 aromatic heterocycles. The first-order chi connectivity index (χ1) is 13.4.